The smallest absolute Gasteiger partial charge is 0.121 e. The molecule has 1 fully saturated rings. The molecule has 3 unspecified atom stereocenters. The zero-order valence-corrected chi connectivity index (χ0v) is 12.0. The van der Waals surface area contributed by atoms with Crippen molar-refractivity contribution in [2.24, 2.45) is 17.8 Å². The second-order valence-electron chi connectivity index (χ2n) is 5.79. The van der Waals surface area contributed by atoms with Gasteiger partial charge in [0.25, 0.3) is 0 Å². The minimum atomic E-state index is 0.594. The molecular weight excluding hydrogens is 250 g/mol. The second-order valence-corrected chi connectivity index (χ2v) is 5.79. The van der Waals surface area contributed by atoms with Crippen molar-refractivity contribution in [3.05, 3.63) is 36.4 Å². The number of ether oxygens (including phenoxy) is 2. The van der Waals surface area contributed by atoms with Crippen LogP contribution in [0.2, 0.25) is 0 Å². The Kier molecular flexibility index (Phi) is 4.26. The Bertz CT molecular complexity index is 472. The standard InChI is InChI=1S/C17H23NO2/c1-19-7-8-20-17-4-2-3-16(11-17)18-12-15-10-13-5-6-14(15)9-13/h2-6,11,13-15,18H,7-10,12H2,1H3. The number of anilines is 1. The summed E-state index contributed by atoms with van der Waals surface area (Å²) < 4.78 is 10.6. The van der Waals surface area contributed by atoms with Crippen molar-refractivity contribution in [3.63, 3.8) is 0 Å². The summed E-state index contributed by atoms with van der Waals surface area (Å²) in [6, 6.07) is 8.19. The van der Waals surface area contributed by atoms with Crippen LogP contribution in [0, 0.1) is 17.8 Å². The molecule has 0 radical (unpaired) electrons. The molecule has 1 saturated carbocycles. The first kappa shape index (κ1) is 13.5. The highest BCUT2D eigenvalue weighted by molar-refractivity contribution is 5.48. The number of fused-ring (bicyclic) bond motifs is 2. The Labute approximate surface area is 121 Å². The van der Waals surface area contributed by atoms with E-state index in [4.69, 9.17) is 9.47 Å². The lowest BCUT2D eigenvalue weighted by molar-refractivity contribution is 0.146. The summed E-state index contributed by atoms with van der Waals surface area (Å²) in [5.41, 5.74) is 1.15. The fourth-order valence-electron chi connectivity index (χ4n) is 3.32. The number of hydrogen-bond donors (Lipinski definition) is 1. The number of nitrogens with one attached hydrogen (secondary N) is 1. The molecule has 3 atom stereocenters. The lowest BCUT2D eigenvalue weighted by Gasteiger charge is -2.19. The van der Waals surface area contributed by atoms with E-state index in [2.05, 4.69) is 29.6 Å². The van der Waals surface area contributed by atoms with Gasteiger partial charge in [0, 0.05) is 25.4 Å². The summed E-state index contributed by atoms with van der Waals surface area (Å²) in [5, 5.41) is 3.56. The Morgan fingerprint density at radius 1 is 1.20 bits per heavy atom. The largest absolute Gasteiger partial charge is 0.491 e. The zero-order chi connectivity index (χ0) is 13.8. The molecule has 3 heteroatoms. The van der Waals surface area contributed by atoms with Crippen LogP contribution in [-0.4, -0.2) is 26.9 Å². The van der Waals surface area contributed by atoms with Gasteiger partial charge in [0.05, 0.1) is 6.61 Å². The first-order chi connectivity index (χ1) is 9.85. The fourth-order valence-corrected chi connectivity index (χ4v) is 3.32. The van der Waals surface area contributed by atoms with Crippen LogP contribution in [0.25, 0.3) is 0 Å². The van der Waals surface area contributed by atoms with Crippen molar-refractivity contribution in [1.29, 1.82) is 0 Å². The Hall–Kier alpha value is -1.48. The average Bonchev–Trinajstić information content (AvgIpc) is 3.08. The fraction of sp³-hybridized carbons (Fsp3) is 0.529. The van der Waals surface area contributed by atoms with Crippen LogP contribution in [0.3, 0.4) is 0 Å². The lowest BCUT2D eigenvalue weighted by Crippen LogP contribution is -2.18. The summed E-state index contributed by atoms with van der Waals surface area (Å²) in [7, 11) is 1.69. The highest BCUT2D eigenvalue weighted by Gasteiger charge is 2.35. The predicted molar refractivity (Wildman–Crippen MR) is 81.1 cm³/mol. The molecule has 2 bridgehead atoms. The average molecular weight is 273 g/mol. The SMILES string of the molecule is COCCOc1cccc(NCC2CC3C=CC2C3)c1. The highest BCUT2D eigenvalue weighted by Crippen LogP contribution is 2.43. The second kappa shape index (κ2) is 6.31. The predicted octanol–water partition coefficient (Wildman–Crippen LogP) is 3.34. The number of rotatable bonds is 7. The summed E-state index contributed by atoms with van der Waals surface area (Å²) >= 11 is 0. The molecule has 1 aromatic carbocycles. The zero-order valence-electron chi connectivity index (χ0n) is 12.0. The highest BCUT2D eigenvalue weighted by atomic mass is 16.5. The van der Waals surface area contributed by atoms with Gasteiger partial charge in [-0.25, -0.2) is 0 Å². The van der Waals surface area contributed by atoms with Crippen LogP contribution >= 0.6 is 0 Å². The molecule has 3 rings (SSSR count). The monoisotopic (exact) mass is 273 g/mol. The third-order valence-corrected chi connectivity index (χ3v) is 4.37. The quantitative estimate of drug-likeness (QED) is 0.610. The van der Waals surface area contributed by atoms with E-state index < -0.39 is 0 Å². The third-order valence-electron chi connectivity index (χ3n) is 4.37. The number of hydrogen-bond acceptors (Lipinski definition) is 3. The van der Waals surface area contributed by atoms with Gasteiger partial charge < -0.3 is 14.8 Å². The van der Waals surface area contributed by atoms with E-state index in [0.717, 1.165) is 35.7 Å². The topological polar surface area (TPSA) is 30.5 Å². The first-order valence-corrected chi connectivity index (χ1v) is 7.49. The van der Waals surface area contributed by atoms with Crippen LogP contribution in [0.4, 0.5) is 5.69 Å². The Morgan fingerprint density at radius 3 is 2.90 bits per heavy atom. The minimum Gasteiger partial charge on any atom is -0.491 e. The molecule has 1 N–H and O–H groups in total. The van der Waals surface area contributed by atoms with Crippen LogP contribution < -0.4 is 10.1 Å². The van der Waals surface area contributed by atoms with Gasteiger partial charge in [0.1, 0.15) is 12.4 Å². The third kappa shape index (κ3) is 3.15. The van der Waals surface area contributed by atoms with E-state index >= 15 is 0 Å². The summed E-state index contributed by atoms with van der Waals surface area (Å²) in [6.07, 6.45) is 7.51. The van der Waals surface area contributed by atoms with Crippen molar-refractivity contribution >= 4 is 5.69 Å². The van der Waals surface area contributed by atoms with E-state index in [0.29, 0.717) is 13.2 Å². The number of benzene rings is 1. The normalized spacial score (nSPS) is 26.9. The van der Waals surface area contributed by atoms with Crippen molar-refractivity contribution < 1.29 is 9.47 Å². The van der Waals surface area contributed by atoms with E-state index in [1.54, 1.807) is 7.11 Å². The molecular formula is C17H23NO2. The van der Waals surface area contributed by atoms with Gasteiger partial charge in [-0.3, -0.25) is 0 Å². The lowest BCUT2D eigenvalue weighted by atomic mass is 9.93. The summed E-state index contributed by atoms with van der Waals surface area (Å²) in [4.78, 5) is 0. The van der Waals surface area contributed by atoms with E-state index in [1.165, 1.54) is 12.8 Å². The first-order valence-electron chi connectivity index (χ1n) is 7.49. The van der Waals surface area contributed by atoms with E-state index in [-0.39, 0.29) is 0 Å². The maximum Gasteiger partial charge on any atom is 0.121 e. The van der Waals surface area contributed by atoms with Gasteiger partial charge in [-0.1, -0.05) is 18.2 Å². The van der Waals surface area contributed by atoms with Gasteiger partial charge in [-0.2, -0.15) is 0 Å². The molecule has 0 aromatic heterocycles. The maximum atomic E-state index is 5.63. The van der Waals surface area contributed by atoms with Crippen molar-refractivity contribution in [1.82, 2.24) is 0 Å². The van der Waals surface area contributed by atoms with E-state index in [1.807, 2.05) is 12.1 Å². The Morgan fingerprint density at radius 2 is 2.15 bits per heavy atom. The number of methoxy groups -OCH3 is 1. The van der Waals surface area contributed by atoms with E-state index in [9.17, 15) is 0 Å². The van der Waals surface area contributed by atoms with Gasteiger partial charge >= 0.3 is 0 Å². The maximum absolute atomic E-state index is 5.63. The van der Waals surface area contributed by atoms with Crippen LogP contribution in [0.1, 0.15) is 12.8 Å². The number of allylic oxidation sites excluding steroid dienone is 2. The molecule has 2 aliphatic carbocycles. The molecule has 3 nitrogen and oxygen atoms in total. The molecule has 1 aromatic rings. The minimum absolute atomic E-state index is 0.594. The van der Waals surface area contributed by atoms with Gasteiger partial charge in [0.15, 0.2) is 0 Å². The van der Waals surface area contributed by atoms with Crippen LogP contribution in [0.5, 0.6) is 5.75 Å². The molecule has 0 spiro atoms. The molecule has 2 aliphatic rings. The van der Waals surface area contributed by atoms with Crippen LogP contribution in [0.15, 0.2) is 36.4 Å². The van der Waals surface area contributed by atoms with Crippen LogP contribution in [-0.2, 0) is 4.74 Å². The molecule has 108 valence electrons. The molecule has 0 amide bonds. The van der Waals surface area contributed by atoms with Crippen molar-refractivity contribution in [2.45, 2.75) is 12.8 Å². The molecule has 20 heavy (non-hydrogen) atoms. The molecule has 0 aliphatic heterocycles. The van der Waals surface area contributed by atoms with Gasteiger partial charge in [-0.15, -0.1) is 0 Å². The van der Waals surface area contributed by atoms with Gasteiger partial charge in [0.2, 0.25) is 0 Å². The molecule has 0 saturated heterocycles. The van der Waals surface area contributed by atoms with Crippen molar-refractivity contribution in [3.8, 4) is 5.75 Å². The summed E-state index contributed by atoms with van der Waals surface area (Å²) in [6.45, 7) is 2.28. The Balaban J connectivity index is 1.50. The summed E-state index contributed by atoms with van der Waals surface area (Å²) in [5.74, 6) is 3.34. The molecule has 0 heterocycles. The van der Waals surface area contributed by atoms with Gasteiger partial charge in [-0.05, 0) is 42.7 Å². The van der Waals surface area contributed by atoms with Crippen molar-refractivity contribution in [2.75, 3.05) is 32.2 Å².